The molecule has 0 aliphatic carbocycles. The van der Waals surface area contributed by atoms with Gasteiger partial charge in [0.25, 0.3) is 0 Å². The van der Waals surface area contributed by atoms with E-state index >= 15 is 0 Å². The fraction of sp³-hybridized carbons (Fsp3) is 0. The van der Waals surface area contributed by atoms with Crippen molar-refractivity contribution in [2.45, 2.75) is 0 Å². The average molecular weight is 291 g/mol. The normalized spacial score (nSPS) is 0. The van der Waals surface area contributed by atoms with Gasteiger partial charge >= 0.3 is 48.9 Å². The van der Waals surface area contributed by atoms with Crippen LogP contribution in [-0.4, -0.2) is 59.8 Å². The molecule has 0 amide bonds. The molecule has 0 rings (SSSR count). The van der Waals surface area contributed by atoms with Gasteiger partial charge in [0.1, 0.15) is 0 Å². The zero-order valence-electron chi connectivity index (χ0n) is 3.36. The Labute approximate surface area is 94.9 Å². The summed E-state index contributed by atoms with van der Waals surface area (Å²) in [6, 6.07) is 0. The van der Waals surface area contributed by atoms with Crippen LogP contribution in [0.15, 0.2) is 0 Å². The third-order valence-electron chi connectivity index (χ3n) is 0. The van der Waals surface area contributed by atoms with Crippen molar-refractivity contribution < 1.29 is 37.0 Å². The van der Waals surface area contributed by atoms with E-state index in [4.69, 9.17) is 0 Å². The van der Waals surface area contributed by atoms with E-state index in [0.717, 1.165) is 0 Å². The van der Waals surface area contributed by atoms with Crippen LogP contribution >= 0.6 is 0 Å². The molecule has 0 saturated carbocycles. The second-order valence-electron chi connectivity index (χ2n) is 0. The fourth-order valence-corrected chi connectivity index (χ4v) is 0. The van der Waals surface area contributed by atoms with E-state index in [0.29, 0.717) is 0 Å². The van der Waals surface area contributed by atoms with Crippen LogP contribution in [0.3, 0.4) is 0 Å². The largest absolute Gasteiger partial charge is 2.00 e. The Kier molecular flexibility index (Phi) is 123. The minimum absolute atomic E-state index is 0. The molecule has 0 nitrogen and oxygen atoms in total. The van der Waals surface area contributed by atoms with Crippen LogP contribution in [0.2, 0.25) is 0 Å². The van der Waals surface area contributed by atoms with Crippen LogP contribution in [0, 0.1) is 0 Å². The molecule has 0 heterocycles. The molecule has 31 valence electrons. The smallest absolute Gasteiger partial charge is 1.00 e. The van der Waals surface area contributed by atoms with Gasteiger partial charge in [-0.05, 0) is 11.0 Å². The van der Waals surface area contributed by atoms with Crippen LogP contribution in [0.4, 0.5) is 0 Å². The summed E-state index contributed by atoms with van der Waals surface area (Å²) in [7, 11) is 0. The molecule has 4 heavy (non-hydrogen) atoms. The van der Waals surface area contributed by atoms with Gasteiger partial charge in [0, 0.05) is 34.1 Å². The molecule has 0 spiro atoms. The molecule has 0 saturated heterocycles. The number of hydrogen-bond donors (Lipinski definition) is 0. The number of hydrogen-bond acceptors (Lipinski definition) is 0. The van der Waals surface area contributed by atoms with Crippen molar-refractivity contribution in [3.05, 3.63) is 0 Å². The monoisotopic (exact) mass is 291 g/mol. The standard InChI is InChI=1S/Ba.Cu.Fe.H4Si.2H/h;;;1H4;;/q+2;;;;2*-1. The van der Waals surface area contributed by atoms with Crippen molar-refractivity contribution in [2.75, 3.05) is 0 Å². The molecule has 0 aromatic carbocycles. The molecule has 0 bridgehead atoms. The molecule has 0 fully saturated rings. The van der Waals surface area contributed by atoms with Crippen LogP contribution in [0.25, 0.3) is 0 Å². The molecular weight excluding hydrogens is 285 g/mol. The van der Waals surface area contributed by atoms with Gasteiger partial charge in [-0.25, -0.2) is 0 Å². The summed E-state index contributed by atoms with van der Waals surface area (Å²) < 4.78 is 0. The molecule has 0 aromatic heterocycles. The second-order valence-corrected chi connectivity index (χ2v) is 0. The Morgan fingerprint density at radius 2 is 1.25 bits per heavy atom. The first-order valence-corrected chi connectivity index (χ1v) is 0. The molecule has 4 heteroatoms. The van der Waals surface area contributed by atoms with Crippen molar-refractivity contribution in [2.24, 2.45) is 0 Å². The summed E-state index contributed by atoms with van der Waals surface area (Å²) in [5.41, 5.74) is 0. The van der Waals surface area contributed by atoms with Crippen molar-refractivity contribution in [1.82, 2.24) is 0 Å². The number of rotatable bonds is 0. The third kappa shape index (κ3) is 8.85. The summed E-state index contributed by atoms with van der Waals surface area (Å²) in [5.74, 6) is 0. The van der Waals surface area contributed by atoms with Crippen molar-refractivity contribution in [3.8, 4) is 0 Å². The van der Waals surface area contributed by atoms with Crippen molar-refractivity contribution in [3.63, 3.8) is 0 Å². The molecule has 0 unspecified atom stereocenters. The molecule has 0 aliphatic heterocycles. The zero-order valence-corrected chi connectivity index (χ0v) is 7.85. The SMILES string of the molecule is [Ba+2].[Cu].[Fe].[H-].[H-].[SiH4]. The zero-order chi connectivity index (χ0) is 0. The average Bonchev–Trinajstić information content (AvgIpc) is 0. The van der Waals surface area contributed by atoms with E-state index in [1.807, 2.05) is 0 Å². The van der Waals surface area contributed by atoms with E-state index in [2.05, 4.69) is 0 Å². The Bertz CT molecular complexity index is 13.5. The van der Waals surface area contributed by atoms with Gasteiger partial charge in [0.05, 0.1) is 0 Å². The maximum absolute atomic E-state index is 0. The maximum Gasteiger partial charge on any atom is 2.00 e. The van der Waals surface area contributed by atoms with E-state index in [1.54, 1.807) is 0 Å². The molecule has 0 N–H and O–H groups in total. The second kappa shape index (κ2) is 17.0. The predicted molar refractivity (Wildman–Crippen MR) is 19.3 cm³/mol. The summed E-state index contributed by atoms with van der Waals surface area (Å²) in [4.78, 5) is 0. The van der Waals surface area contributed by atoms with Gasteiger partial charge in [-0.3, -0.25) is 0 Å². The summed E-state index contributed by atoms with van der Waals surface area (Å²) >= 11 is 0. The fourth-order valence-electron chi connectivity index (χ4n) is 0. The summed E-state index contributed by atoms with van der Waals surface area (Å²) in [6.07, 6.45) is 0. The van der Waals surface area contributed by atoms with Crippen LogP contribution in [0.5, 0.6) is 0 Å². The van der Waals surface area contributed by atoms with Crippen LogP contribution in [0.1, 0.15) is 2.85 Å². The van der Waals surface area contributed by atoms with Gasteiger partial charge in [-0.2, -0.15) is 0 Å². The van der Waals surface area contributed by atoms with Gasteiger partial charge in [0.15, 0.2) is 0 Å². The summed E-state index contributed by atoms with van der Waals surface area (Å²) in [6.45, 7) is 0. The maximum atomic E-state index is 0. The first kappa shape index (κ1) is 29.0. The van der Waals surface area contributed by atoms with E-state index < -0.39 is 0 Å². The Morgan fingerprint density at radius 1 is 1.25 bits per heavy atom. The molecule has 0 aliphatic rings. The third-order valence-corrected chi connectivity index (χ3v) is 0. The first-order valence-electron chi connectivity index (χ1n) is 0. The van der Waals surface area contributed by atoms with E-state index in [-0.39, 0.29) is 96.8 Å². The summed E-state index contributed by atoms with van der Waals surface area (Å²) in [5, 5.41) is 0. The van der Waals surface area contributed by atoms with E-state index in [1.165, 1.54) is 0 Å². The Balaban J connectivity index is 0. The topological polar surface area (TPSA) is 0 Å². The Morgan fingerprint density at radius 3 is 1.25 bits per heavy atom. The molecule has 1 radical (unpaired) electrons. The van der Waals surface area contributed by atoms with E-state index in [9.17, 15) is 0 Å². The quantitative estimate of drug-likeness (QED) is 0.471. The minimum atomic E-state index is 0. The van der Waals surface area contributed by atoms with Crippen molar-refractivity contribution >= 4 is 59.8 Å². The van der Waals surface area contributed by atoms with Gasteiger partial charge in [0.2, 0.25) is 0 Å². The Hall–Kier alpha value is 2.83. The first-order chi connectivity index (χ1) is 0. The van der Waals surface area contributed by atoms with Gasteiger partial charge in [-0.15, -0.1) is 0 Å². The molecular formula is H6BaCuFeSi. The van der Waals surface area contributed by atoms with Gasteiger partial charge in [-0.1, -0.05) is 0 Å². The molecule has 0 aromatic rings. The predicted octanol–water partition coefficient (Wildman–Crippen LogP) is -1.61. The van der Waals surface area contributed by atoms with Crippen LogP contribution in [-0.2, 0) is 34.1 Å². The van der Waals surface area contributed by atoms with Gasteiger partial charge < -0.3 is 2.85 Å². The minimum Gasteiger partial charge on any atom is -1.00 e. The molecule has 0 atom stereocenters. The van der Waals surface area contributed by atoms with Crippen molar-refractivity contribution in [1.29, 1.82) is 0 Å². The van der Waals surface area contributed by atoms with Crippen LogP contribution < -0.4 is 0 Å².